The van der Waals surface area contributed by atoms with Crippen LogP contribution in [0, 0.1) is 21.4 Å². The lowest BCUT2D eigenvalue weighted by molar-refractivity contribution is -0.384. The zero-order valence-corrected chi connectivity index (χ0v) is 11.1. The monoisotopic (exact) mass is 252 g/mol. The molecule has 2 N–H and O–H groups in total. The fourth-order valence-corrected chi connectivity index (χ4v) is 3.06. The molecule has 6 nitrogen and oxygen atoms in total. The fourth-order valence-electron chi connectivity index (χ4n) is 3.06. The maximum absolute atomic E-state index is 10.8. The second kappa shape index (κ2) is 4.26. The van der Waals surface area contributed by atoms with Crippen LogP contribution in [0.3, 0.4) is 0 Å². The van der Waals surface area contributed by atoms with E-state index in [0.717, 1.165) is 19.3 Å². The number of hydrogen-bond acceptors (Lipinski definition) is 4. The molecule has 1 aromatic heterocycles. The Hall–Kier alpha value is -1.59. The number of nitrogen functional groups attached to an aromatic ring is 1. The highest BCUT2D eigenvalue weighted by Gasteiger charge is 2.35. The van der Waals surface area contributed by atoms with E-state index in [-0.39, 0.29) is 17.5 Å². The quantitative estimate of drug-likeness (QED) is 0.647. The average molecular weight is 252 g/mol. The molecule has 1 heterocycles. The first-order valence-corrected chi connectivity index (χ1v) is 6.29. The smallest absolute Gasteiger partial charge is 0.330 e. The summed E-state index contributed by atoms with van der Waals surface area (Å²) >= 11 is 0. The number of aromatic nitrogens is 2. The molecule has 100 valence electrons. The summed E-state index contributed by atoms with van der Waals surface area (Å²) < 4.78 is 1.64. The molecule has 2 unspecified atom stereocenters. The molecule has 2 atom stereocenters. The van der Waals surface area contributed by atoms with E-state index in [2.05, 4.69) is 25.9 Å². The van der Waals surface area contributed by atoms with Crippen LogP contribution in [0.2, 0.25) is 0 Å². The fraction of sp³-hybridized carbons (Fsp3) is 0.750. The second-order valence-corrected chi connectivity index (χ2v) is 6.07. The van der Waals surface area contributed by atoms with E-state index in [1.54, 1.807) is 4.68 Å². The molecule has 1 fully saturated rings. The van der Waals surface area contributed by atoms with Gasteiger partial charge in [0.2, 0.25) is 5.82 Å². The van der Waals surface area contributed by atoms with Crippen molar-refractivity contribution in [3.05, 3.63) is 16.3 Å². The lowest BCUT2D eigenvalue weighted by atomic mass is 9.70. The molecular formula is C12H20N4O2. The zero-order valence-electron chi connectivity index (χ0n) is 11.1. The lowest BCUT2D eigenvalue weighted by Crippen LogP contribution is -2.31. The molecule has 18 heavy (non-hydrogen) atoms. The first kappa shape index (κ1) is 12.9. The topological polar surface area (TPSA) is 87.0 Å². The molecule has 2 rings (SSSR count). The Bertz CT molecular complexity index is 467. The Morgan fingerprint density at radius 2 is 2.28 bits per heavy atom. The van der Waals surface area contributed by atoms with Crippen molar-refractivity contribution in [3.63, 3.8) is 0 Å². The summed E-state index contributed by atoms with van der Waals surface area (Å²) in [5.41, 5.74) is 6.07. The Balaban J connectivity index is 2.25. The Labute approximate surface area is 106 Å². The van der Waals surface area contributed by atoms with Gasteiger partial charge in [0.05, 0.1) is 11.0 Å². The number of rotatable bonds is 2. The molecule has 1 saturated carbocycles. The van der Waals surface area contributed by atoms with Crippen molar-refractivity contribution in [1.29, 1.82) is 0 Å². The van der Waals surface area contributed by atoms with Gasteiger partial charge in [-0.2, -0.15) is 5.10 Å². The molecule has 1 aromatic rings. The summed E-state index contributed by atoms with van der Waals surface area (Å²) in [5, 5.41) is 14.9. The maximum atomic E-state index is 10.8. The molecule has 1 aliphatic carbocycles. The third kappa shape index (κ3) is 2.19. The van der Waals surface area contributed by atoms with Crippen molar-refractivity contribution in [2.45, 2.75) is 46.1 Å². The molecule has 0 bridgehead atoms. The van der Waals surface area contributed by atoms with Crippen molar-refractivity contribution < 1.29 is 4.92 Å². The summed E-state index contributed by atoms with van der Waals surface area (Å²) in [6, 6.07) is 0.173. The second-order valence-electron chi connectivity index (χ2n) is 6.07. The van der Waals surface area contributed by atoms with Gasteiger partial charge in [-0.1, -0.05) is 20.8 Å². The SMILES string of the molecule is CC1CC(C)(C)CCC1n1ncc([N+](=O)[O-])c1N. The van der Waals surface area contributed by atoms with Crippen molar-refractivity contribution in [2.75, 3.05) is 5.73 Å². The van der Waals surface area contributed by atoms with E-state index in [4.69, 9.17) is 5.73 Å². The molecule has 1 aliphatic rings. The molecule has 6 heteroatoms. The zero-order chi connectivity index (χ0) is 13.5. The maximum Gasteiger partial charge on any atom is 0.330 e. The number of nitrogens with zero attached hydrogens (tertiary/aromatic N) is 3. The van der Waals surface area contributed by atoms with Crippen LogP contribution in [0.1, 0.15) is 46.1 Å². The Kier molecular flexibility index (Phi) is 3.04. The summed E-state index contributed by atoms with van der Waals surface area (Å²) in [6.45, 7) is 6.68. The van der Waals surface area contributed by atoms with Crippen LogP contribution in [0.25, 0.3) is 0 Å². The van der Waals surface area contributed by atoms with Gasteiger partial charge in [0.15, 0.2) is 0 Å². The van der Waals surface area contributed by atoms with Crippen molar-refractivity contribution in [2.24, 2.45) is 11.3 Å². The number of nitrogens with two attached hydrogens (primary N) is 1. The highest BCUT2D eigenvalue weighted by molar-refractivity contribution is 5.51. The first-order valence-electron chi connectivity index (χ1n) is 6.29. The van der Waals surface area contributed by atoms with Crippen LogP contribution in [-0.4, -0.2) is 14.7 Å². The largest absolute Gasteiger partial charge is 0.378 e. The van der Waals surface area contributed by atoms with Crippen LogP contribution in [0.15, 0.2) is 6.20 Å². The summed E-state index contributed by atoms with van der Waals surface area (Å²) in [6.07, 6.45) is 4.40. The minimum absolute atomic E-state index is 0.0907. The number of hydrogen-bond donors (Lipinski definition) is 1. The highest BCUT2D eigenvalue weighted by Crippen LogP contribution is 2.44. The van der Waals surface area contributed by atoms with Gasteiger partial charge in [-0.25, -0.2) is 4.68 Å². The minimum Gasteiger partial charge on any atom is -0.378 e. The number of anilines is 1. The van der Waals surface area contributed by atoms with Crippen molar-refractivity contribution in [3.8, 4) is 0 Å². The van der Waals surface area contributed by atoms with Crippen molar-refractivity contribution >= 4 is 11.5 Å². The molecule has 0 amide bonds. The Morgan fingerprint density at radius 3 is 2.78 bits per heavy atom. The molecular weight excluding hydrogens is 232 g/mol. The van der Waals surface area contributed by atoms with E-state index in [1.165, 1.54) is 6.20 Å². The van der Waals surface area contributed by atoms with Crippen LogP contribution in [0.4, 0.5) is 11.5 Å². The van der Waals surface area contributed by atoms with Crippen LogP contribution in [-0.2, 0) is 0 Å². The predicted octanol–water partition coefficient (Wildman–Crippen LogP) is 2.76. The summed E-state index contributed by atoms with van der Waals surface area (Å²) in [4.78, 5) is 10.3. The number of nitro groups is 1. The predicted molar refractivity (Wildman–Crippen MR) is 69.1 cm³/mol. The van der Waals surface area contributed by atoms with E-state index in [0.29, 0.717) is 11.3 Å². The van der Waals surface area contributed by atoms with Crippen LogP contribution >= 0.6 is 0 Å². The summed E-state index contributed by atoms with van der Waals surface area (Å²) in [5.74, 6) is 0.604. The van der Waals surface area contributed by atoms with E-state index in [1.807, 2.05) is 0 Å². The normalized spacial score (nSPS) is 27.1. The molecule has 0 radical (unpaired) electrons. The van der Waals surface area contributed by atoms with E-state index >= 15 is 0 Å². The molecule has 0 saturated heterocycles. The van der Waals surface area contributed by atoms with E-state index < -0.39 is 4.92 Å². The minimum atomic E-state index is -0.476. The van der Waals surface area contributed by atoms with Gasteiger partial charge in [0.1, 0.15) is 6.20 Å². The Morgan fingerprint density at radius 1 is 1.61 bits per heavy atom. The van der Waals surface area contributed by atoms with Crippen LogP contribution < -0.4 is 5.73 Å². The van der Waals surface area contributed by atoms with E-state index in [9.17, 15) is 10.1 Å². The molecule has 0 aliphatic heterocycles. The molecule has 0 aromatic carbocycles. The van der Waals surface area contributed by atoms with Crippen molar-refractivity contribution in [1.82, 2.24) is 9.78 Å². The third-order valence-corrected chi connectivity index (χ3v) is 3.97. The first-order chi connectivity index (χ1) is 8.32. The van der Waals surface area contributed by atoms with Gasteiger partial charge < -0.3 is 5.73 Å². The van der Waals surface area contributed by atoms with Gasteiger partial charge in [0, 0.05) is 0 Å². The van der Waals surface area contributed by atoms with Gasteiger partial charge >= 0.3 is 5.69 Å². The van der Waals surface area contributed by atoms with Gasteiger partial charge in [0.25, 0.3) is 0 Å². The lowest BCUT2D eigenvalue weighted by Gasteiger charge is -2.39. The van der Waals surface area contributed by atoms with Gasteiger partial charge in [-0.3, -0.25) is 10.1 Å². The van der Waals surface area contributed by atoms with Gasteiger partial charge in [-0.15, -0.1) is 0 Å². The summed E-state index contributed by atoms with van der Waals surface area (Å²) in [7, 11) is 0. The third-order valence-electron chi connectivity index (χ3n) is 3.97. The van der Waals surface area contributed by atoms with Crippen LogP contribution in [0.5, 0.6) is 0 Å². The highest BCUT2D eigenvalue weighted by atomic mass is 16.6. The molecule has 0 spiro atoms. The standard InChI is InChI=1S/C12H20N4O2/c1-8-6-12(2,3)5-4-9(8)15-11(13)10(7-14-15)16(17)18/h7-9H,4-6,13H2,1-3H3. The average Bonchev–Trinajstić information content (AvgIpc) is 2.59. The van der Waals surface area contributed by atoms with Gasteiger partial charge in [-0.05, 0) is 30.6 Å².